The number of fused-ring (bicyclic) bond motifs is 1. The first-order valence-electron chi connectivity index (χ1n) is 11.8. The molecule has 1 aromatic heterocycles. The Kier molecular flexibility index (Phi) is 6.97. The third kappa shape index (κ3) is 5.02. The average molecular weight is 536 g/mol. The maximum absolute atomic E-state index is 13.6. The van der Waals surface area contributed by atoms with Gasteiger partial charge in [-0.1, -0.05) is 53.6 Å². The molecule has 12 heteroatoms. The van der Waals surface area contributed by atoms with Crippen LogP contribution in [0, 0.1) is 0 Å². The highest BCUT2D eigenvalue weighted by atomic mass is 32.2. The lowest BCUT2D eigenvalue weighted by Crippen LogP contribution is -2.42. The van der Waals surface area contributed by atoms with Crippen molar-refractivity contribution in [1.82, 2.24) is 25.1 Å². The number of tetrazole rings is 1. The molecule has 3 aromatic carbocycles. The Morgan fingerprint density at radius 3 is 2.45 bits per heavy atom. The van der Waals surface area contributed by atoms with Gasteiger partial charge in [0.15, 0.2) is 11.5 Å². The van der Waals surface area contributed by atoms with Gasteiger partial charge < -0.3 is 14.6 Å². The second kappa shape index (κ2) is 10.5. The van der Waals surface area contributed by atoms with Crippen molar-refractivity contribution in [2.45, 2.75) is 24.2 Å². The van der Waals surface area contributed by atoms with Gasteiger partial charge in [-0.2, -0.15) is 4.68 Å². The predicted octanol–water partition coefficient (Wildman–Crippen LogP) is 3.30. The van der Waals surface area contributed by atoms with Crippen LogP contribution in [0.3, 0.4) is 0 Å². The van der Waals surface area contributed by atoms with Crippen LogP contribution in [0.25, 0.3) is 5.69 Å². The summed E-state index contributed by atoms with van der Waals surface area (Å²) in [6.45, 7) is 0.438. The molecule has 1 unspecified atom stereocenters. The third-order valence-corrected chi connectivity index (χ3v) is 7.93. The van der Waals surface area contributed by atoms with Crippen LogP contribution < -0.4 is 9.47 Å². The normalized spacial score (nSPS) is 15.1. The number of aromatic nitrogens is 4. The van der Waals surface area contributed by atoms with Gasteiger partial charge in [-0.15, -0.1) is 0 Å². The highest BCUT2D eigenvalue weighted by Crippen LogP contribution is 2.39. The van der Waals surface area contributed by atoms with Crippen molar-refractivity contribution in [1.29, 1.82) is 0 Å². The molecule has 1 atom stereocenters. The van der Waals surface area contributed by atoms with Crippen LogP contribution in [0.4, 0.5) is 4.79 Å². The summed E-state index contributed by atoms with van der Waals surface area (Å²) in [4.78, 5) is 13.3. The zero-order valence-electron chi connectivity index (χ0n) is 20.5. The molecule has 5 rings (SSSR count). The van der Waals surface area contributed by atoms with Gasteiger partial charge >= 0.3 is 6.09 Å². The molecular weight excluding hydrogens is 510 g/mol. The van der Waals surface area contributed by atoms with E-state index in [0.29, 0.717) is 35.8 Å². The van der Waals surface area contributed by atoms with Crippen LogP contribution in [0.2, 0.25) is 0 Å². The number of nitrogens with zero attached hydrogens (tertiary/aromatic N) is 5. The van der Waals surface area contributed by atoms with E-state index in [1.54, 1.807) is 42.5 Å². The van der Waals surface area contributed by atoms with E-state index < -0.39 is 27.7 Å². The van der Waals surface area contributed by atoms with E-state index in [4.69, 9.17) is 9.47 Å². The quantitative estimate of drug-likeness (QED) is 0.360. The van der Waals surface area contributed by atoms with E-state index in [2.05, 4.69) is 15.5 Å². The molecule has 0 aliphatic carbocycles. The van der Waals surface area contributed by atoms with Gasteiger partial charge in [0.2, 0.25) is 9.84 Å². The summed E-state index contributed by atoms with van der Waals surface area (Å²) < 4.78 is 39.8. The zero-order chi connectivity index (χ0) is 26.7. The van der Waals surface area contributed by atoms with Gasteiger partial charge in [-0.05, 0) is 57.8 Å². The Labute approximate surface area is 219 Å². The fraction of sp³-hybridized carbons (Fsp3) is 0.231. The minimum absolute atomic E-state index is 0.122. The first-order chi connectivity index (χ1) is 18.4. The molecule has 0 saturated heterocycles. The lowest BCUT2D eigenvalue weighted by Gasteiger charge is -2.35. The van der Waals surface area contributed by atoms with E-state index >= 15 is 0 Å². The molecule has 1 amide bonds. The number of hydrogen-bond acceptors (Lipinski definition) is 8. The smallest absolute Gasteiger partial charge is 0.407 e. The molecule has 4 aromatic rings. The lowest BCUT2D eigenvalue weighted by molar-refractivity contribution is 0.125. The van der Waals surface area contributed by atoms with Crippen LogP contribution in [-0.2, 0) is 22.9 Å². The fourth-order valence-electron chi connectivity index (χ4n) is 4.51. The summed E-state index contributed by atoms with van der Waals surface area (Å²) in [5.74, 6) is 0.323. The zero-order valence-corrected chi connectivity index (χ0v) is 21.3. The number of hydrogen-bond donors (Lipinski definition) is 1. The number of methoxy groups -OCH3 is 1. The molecule has 0 bridgehead atoms. The van der Waals surface area contributed by atoms with Crippen molar-refractivity contribution in [2.24, 2.45) is 0 Å². The Balaban J connectivity index is 1.49. The number of sulfone groups is 1. The highest BCUT2D eigenvalue weighted by Gasteiger charge is 2.38. The molecule has 1 N–H and O–H groups in total. The maximum Gasteiger partial charge on any atom is 0.407 e. The summed E-state index contributed by atoms with van der Waals surface area (Å²) in [7, 11) is -2.65. The topological polar surface area (TPSA) is 137 Å². The molecule has 1 aliphatic rings. The maximum atomic E-state index is 13.6. The molecule has 0 saturated carbocycles. The minimum Gasteiger partial charge on any atom is -0.493 e. The van der Waals surface area contributed by atoms with E-state index in [1.165, 1.54) is 7.11 Å². The molecule has 1 aliphatic heterocycles. The molecule has 2 heterocycles. The summed E-state index contributed by atoms with van der Waals surface area (Å²) in [6, 6.07) is 20.7. The summed E-state index contributed by atoms with van der Waals surface area (Å²) in [5, 5.41) is 20.7. The van der Waals surface area contributed by atoms with Crippen molar-refractivity contribution >= 4 is 15.9 Å². The Morgan fingerprint density at radius 1 is 1.05 bits per heavy atom. The first kappa shape index (κ1) is 25.2. The Bertz CT molecular complexity index is 1540. The van der Waals surface area contributed by atoms with Gasteiger partial charge in [0.05, 0.1) is 24.6 Å². The molecule has 38 heavy (non-hydrogen) atoms. The van der Waals surface area contributed by atoms with E-state index in [-0.39, 0.29) is 11.7 Å². The van der Waals surface area contributed by atoms with Crippen LogP contribution in [-0.4, -0.2) is 64.1 Å². The van der Waals surface area contributed by atoms with Gasteiger partial charge in [0, 0.05) is 6.54 Å². The van der Waals surface area contributed by atoms with E-state index in [9.17, 15) is 18.3 Å². The fourth-order valence-corrected chi connectivity index (χ4v) is 6.00. The second-order valence-electron chi connectivity index (χ2n) is 8.71. The monoisotopic (exact) mass is 535 g/mol. The average Bonchev–Trinajstić information content (AvgIpc) is 3.44. The summed E-state index contributed by atoms with van der Waals surface area (Å²) in [5.41, 5.74) is 2.76. The third-order valence-electron chi connectivity index (χ3n) is 6.36. The van der Waals surface area contributed by atoms with Crippen LogP contribution in [0.1, 0.15) is 22.7 Å². The van der Waals surface area contributed by atoms with Crippen molar-refractivity contribution in [3.8, 4) is 17.2 Å². The van der Waals surface area contributed by atoms with E-state index in [0.717, 1.165) is 20.7 Å². The van der Waals surface area contributed by atoms with Gasteiger partial charge in [-0.25, -0.2) is 13.2 Å². The molecule has 196 valence electrons. The summed E-state index contributed by atoms with van der Waals surface area (Å²) in [6.07, 6.45) is -0.826. The number of carbonyl (C=O) groups is 1. The SMILES string of the molecule is COc1cc2c(cc1OCc1ccccc1)CCN(C(=O)O)C2CS(=O)(=O)c1nnnn1-c1ccccc1. The summed E-state index contributed by atoms with van der Waals surface area (Å²) >= 11 is 0. The lowest BCUT2D eigenvalue weighted by atomic mass is 9.93. The van der Waals surface area contributed by atoms with Crippen LogP contribution >= 0.6 is 0 Å². The standard InChI is InChI=1S/C26H25N5O6S/c1-36-23-15-21-19(14-24(23)37-16-18-8-4-2-5-9-18)12-13-30(26(32)33)22(21)17-38(34,35)25-27-28-29-31(25)20-10-6-3-7-11-20/h2-11,14-15,22H,12-13,16-17H2,1H3,(H,32,33). The van der Waals surface area contributed by atoms with Crippen molar-refractivity contribution in [3.05, 3.63) is 89.5 Å². The number of carboxylic acid groups (broad SMARTS) is 1. The number of rotatable bonds is 8. The number of para-hydroxylation sites is 1. The van der Waals surface area contributed by atoms with Crippen molar-refractivity contribution in [2.75, 3.05) is 19.4 Å². The van der Waals surface area contributed by atoms with Crippen LogP contribution in [0.15, 0.2) is 78.0 Å². The Hall–Kier alpha value is -4.45. The number of amides is 1. The molecule has 0 radical (unpaired) electrons. The number of ether oxygens (including phenoxy) is 2. The predicted molar refractivity (Wildman–Crippen MR) is 136 cm³/mol. The molecule has 0 spiro atoms. The molecular formula is C26H25N5O6S. The first-order valence-corrected chi connectivity index (χ1v) is 13.5. The van der Waals surface area contributed by atoms with Gasteiger partial charge in [-0.3, -0.25) is 4.90 Å². The van der Waals surface area contributed by atoms with Crippen LogP contribution in [0.5, 0.6) is 11.5 Å². The molecule has 11 nitrogen and oxygen atoms in total. The Morgan fingerprint density at radius 2 is 1.76 bits per heavy atom. The molecule has 0 fully saturated rings. The van der Waals surface area contributed by atoms with Crippen molar-refractivity contribution in [3.63, 3.8) is 0 Å². The second-order valence-corrected chi connectivity index (χ2v) is 10.6. The van der Waals surface area contributed by atoms with Gasteiger partial charge in [0.1, 0.15) is 6.61 Å². The number of benzene rings is 3. The minimum atomic E-state index is -4.13. The van der Waals surface area contributed by atoms with Gasteiger partial charge in [0.25, 0.3) is 5.16 Å². The van der Waals surface area contributed by atoms with E-state index in [1.807, 2.05) is 30.3 Å². The highest BCUT2D eigenvalue weighted by molar-refractivity contribution is 7.91. The van der Waals surface area contributed by atoms with Crippen molar-refractivity contribution < 1.29 is 27.8 Å². The largest absolute Gasteiger partial charge is 0.493 e.